The van der Waals surface area contributed by atoms with Crippen LogP contribution in [-0.2, 0) is 6.42 Å². The van der Waals surface area contributed by atoms with Crippen LogP contribution < -0.4 is 10.2 Å². The van der Waals surface area contributed by atoms with Crippen molar-refractivity contribution in [2.24, 2.45) is 4.99 Å². The van der Waals surface area contributed by atoms with Crippen molar-refractivity contribution in [3.8, 4) is 11.6 Å². The number of nitrogens with zero attached hydrogens (tertiary/aromatic N) is 5. The topological polar surface area (TPSA) is 85.6 Å². The van der Waals surface area contributed by atoms with Crippen LogP contribution in [0.2, 0.25) is 0 Å². The predicted molar refractivity (Wildman–Crippen MR) is 109 cm³/mol. The Balaban J connectivity index is 1.27. The number of para-hydroxylation sites is 1. The molecule has 29 heavy (non-hydrogen) atoms. The van der Waals surface area contributed by atoms with Crippen LogP contribution in [0, 0.1) is 5.82 Å². The van der Waals surface area contributed by atoms with Gasteiger partial charge in [0, 0.05) is 46.2 Å². The number of rotatable bonds is 5. The molecule has 1 aliphatic rings. The highest BCUT2D eigenvalue weighted by Gasteiger charge is 2.21. The molecule has 0 bridgehead atoms. The van der Waals surface area contributed by atoms with Gasteiger partial charge in [-0.25, -0.2) is 9.37 Å². The summed E-state index contributed by atoms with van der Waals surface area (Å²) in [5.41, 5.74) is 0.660. The van der Waals surface area contributed by atoms with Crippen LogP contribution in [-0.4, -0.2) is 65.8 Å². The van der Waals surface area contributed by atoms with Gasteiger partial charge in [0.05, 0.1) is 12.0 Å². The van der Waals surface area contributed by atoms with Crippen LogP contribution in [0.1, 0.15) is 5.82 Å². The van der Waals surface area contributed by atoms with E-state index in [0.29, 0.717) is 30.2 Å². The van der Waals surface area contributed by atoms with E-state index in [1.807, 2.05) is 24.3 Å². The highest BCUT2D eigenvalue weighted by molar-refractivity contribution is 5.80. The number of halogens is 1. The Morgan fingerprint density at radius 2 is 2.03 bits per heavy atom. The van der Waals surface area contributed by atoms with Crippen molar-refractivity contribution in [3.05, 3.63) is 54.3 Å². The van der Waals surface area contributed by atoms with Crippen LogP contribution >= 0.6 is 0 Å². The monoisotopic (exact) mass is 397 g/mol. The van der Waals surface area contributed by atoms with Gasteiger partial charge in [-0.2, -0.15) is 5.10 Å². The van der Waals surface area contributed by atoms with Gasteiger partial charge in [0.2, 0.25) is 5.82 Å². The predicted octanol–water partition coefficient (Wildman–Crippen LogP) is 2.14. The summed E-state index contributed by atoms with van der Waals surface area (Å²) in [7, 11) is 1.77. The third-order valence-corrected chi connectivity index (χ3v) is 4.90. The van der Waals surface area contributed by atoms with Gasteiger partial charge < -0.3 is 19.5 Å². The molecule has 2 N–H and O–H groups in total. The summed E-state index contributed by atoms with van der Waals surface area (Å²) in [6.07, 6.45) is 2.28. The first-order valence-corrected chi connectivity index (χ1v) is 9.65. The molecule has 0 aliphatic carbocycles. The normalized spacial score (nSPS) is 15.0. The molecule has 0 atom stereocenters. The molecule has 0 amide bonds. The van der Waals surface area contributed by atoms with Gasteiger partial charge in [0.25, 0.3) is 0 Å². The van der Waals surface area contributed by atoms with E-state index in [1.54, 1.807) is 19.4 Å². The number of hydrogen-bond acceptors (Lipinski definition) is 5. The maximum atomic E-state index is 14.0. The maximum Gasteiger partial charge on any atom is 0.216 e. The number of aliphatic imine (C=N–C) groups is 1. The SMILES string of the molecule is CN=C(NCCc1nc(-c2ccco2)n[nH]1)N1CCN(c2ccccc2F)CC1. The lowest BCUT2D eigenvalue weighted by atomic mass is 10.2. The largest absolute Gasteiger partial charge is 0.461 e. The van der Waals surface area contributed by atoms with Crippen molar-refractivity contribution >= 4 is 11.6 Å². The molecule has 0 radical (unpaired) electrons. The van der Waals surface area contributed by atoms with Gasteiger partial charge in [0.1, 0.15) is 11.6 Å². The summed E-state index contributed by atoms with van der Waals surface area (Å²) in [5, 5.41) is 10.5. The summed E-state index contributed by atoms with van der Waals surface area (Å²) in [6.45, 7) is 3.72. The molecule has 0 spiro atoms. The van der Waals surface area contributed by atoms with E-state index in [0.717, 1.165) is 38.0 Å². The Morgan fingerprint density at radius 3 is 2.76 bits per heavy atom. The third kappa shape index (κ3) is 4.39. The third-order valence-electron chi connectivity index (χ3n) is 4.90. The zero-order chi connectivity index (χ0) is 20.1. The molecule has 1 saturated heterocycles. The Kier molecular flexibility index (Phi) is 5.73. The summed E-state index contributed by atoms with van der Waals surface area (Å²) < 4.78 is 19.3. The number of H-pyrrole nitrogens is 1. The number of aromatic nitrogens is 3. The van der Waals surface area contributed by atoms with E-state index in [1.165, 1.54) is 6.07 Å². The van der Waals surface area contributed by atoms with Crippen molar-refractivity contribution in [1.82, 2.24) is 25.4 Å². The Labute approximate surface area is 168 Å². The quantitative estimate of drug-likeness (QED) is 0.507. The molecule has 1 aliphatic heterocycles. The zero-order valence-electron chi connectivity index (χ0n) is 16.3. The molecule has 0 saturated carbocycles. The lowest BCUT2D eigenvalue weighted by Crippen LogP contribution is -2.53. The Morgan fingerprint density at radius 1 is 1.21 bits per heavy atom. The zero-order valence-corrected chi connectivity index (χ0v) is 16.3. The first kappa shape index (κ1) is 19.0. The molecule has 1 fully saturated rings. The fourth-order valence-corrected chi connectivity index (χ4v) is 3.42. The summed E-state index contributed by atoms with van der Waals surface area (Å²) >= 11 is 0. The molecular formula is C20H24FN7O. The minimum absolute atomic E-state index is 0.176. The van der Waals surface area contributed by atoms with E-state index in [-0.39, 0.29) is 5.82 Å². The molecule has 9 heteroatoms. The van der Waals surface area contributed by atoms with Gasteiger partial charge in [-0.05, 0) is 24.3 Å². The standard InChI is InChI=1S/C20H24FN7O/c1-22-20(23-9-8-18-24-19(26-25-18)17-7-4-14-29-17)28-12-10-27(11-13-28)16-6-3-2-5-15(16)21/h2-7,14H,8-13H2,1H3,(H,22,23)(H,24,25,26). The molecule has 8 nitrogen and oxygen atoms in total. The minimum Gasteiger partial charge on any atom is -0.461 e. The fourth-order valence-electron chi connectivity index (χ4n) is 3.42. The molecule has 0 unspecified atom stereocenters. The summed E-state index contributed by atoms with van der Waals surface area (Å²) in [5.74, 6) is 2.64. The van der Waals surface area contributed by atoms with Crippen LogP contribution in [0.5, 0.6) is 0 Å². The van der Waals surface area contributed by atoms with E-state index >= 15 is 0 Å². The second-order valence-corrected chi connectivity index (χ2v) is 6.73. The van der Waals surface area contributed by atoms with Crippen molar-refractivity contribution in [1.29, 1.82) is 0 Å². The van der Waals surface area contributed by atoms with Gasteiger partial charge in [-0.3, -0.25) is 10.1 Å². The molecule has 152 valence electrons. The van der Waals surface area contributed by atoms with E-state index in [4.69, 9.17) is 4.42 Å². The van der Waals surface area contributed by atoms with Gasteiger partial charge >= 0.3 is 0 Å². The van der Waals surface area contributed by atoms with Crippen LogP contribution in [0.25, 0.3) is 11.6 Å². The second-order valence-electron chi connectivity index (χ2n) is 6.73. The van der Waals surface area contributed by atoms with Gasteiger partial charge in [-0.1, -0.05) is 12.1 Å². The molecule has 4 rings (SSSR count). The first-order valence-electron chi connectivity index (χ1n) is 9.65. The second kappa shape index (κ2) is 8.76. The summed E-state index contributed by atoms with van der Waals surface area (Å²) in [4.78, 5) is 13.1. The maximum absolute atomic E-state index is 14.0. The highest BCUT2D eigenvalue weighted by atomic mass is 19.1. The molecular weight excluding hydrogens is 373 g/mol. The van der Waals surface area contributed by atoms with Crippen molar-refractivity contribution in [3.63, 3.8) is 0 Å². The van der Waals surface area contributed by atoms with Crippen molar-refractivity contribution < 1.29 is 8.81 Å². The number of nitrogens with one attached hydrogen (secondary N) is 2. The smallest absolute Gasteiger partial charge is 0.216 e. The lowest BCUT2D eigenvalue weighted by Gasteiger charge is -2.37. The van der Waals surface area contributed by atoms with E-state index in [2.05, 4.69) is 35.3 Å². The number of piperazine rings is 1. The van der Waals surface area contributed by atoms with Crippen molar-refractivity contribution in [2.75, 3.05) is 44.7 Å². The fraction of sp³-hybridized carbons (Fsp3) is 0.350. The van der Waals surface area contributed by atoms with Gasteiger partial charge in [-0.15, -0.1) is 0 Å². The average molecular weight is 397 g/mol. The molecule has 2 aromatic heterocycles. The molecule has 1 aromatic carbocycles. The Hall–Kier alpha value is -3.36. The van der Waals surface area contributed by atoms with Gasteiger partial charge in [0.15, 0.2) is 11.7 Å². The number of guanidine groups is 1. The summed E-state index contributed by atoms with van der Waals surface area (Å²) in [6, 6.07) is 10.5. The first-order chi connectivity index (χ1) is 14.2. The van der Waals surface area contributed by atoms with Crippen LogP contribution in [0.3, 0.4) is 0 Å². The number of furan rings is 1. The molecule has 3 heterocycles. The van der Waals surface area contributed by atoms with E-state index in [9.17, 15) is 4.39 Å². The van der Waals surface area contributed by atoms with Crippen molar-refractivity contribution in [2.45, 2.75) is 6.42 Å². The average Bonchev–Trinajstić information content (AvgIpc) is 3.44. The van der Waals surface area contributed by atoms with E-state index < -0.39 is 0 Å². The molecule has 3 aromatic rings. The van der Waals surface area contributed by atoms with Crippen LogP contribution in [0.4, 0.5) is 10.1 Å². The lowest BCUT2D eigenvalue weighted by molar-refractivity contribution is 0.371. The number of anilines is 1. The Bertz CT molecular complexity index is 945. The number of hydrogen-bond donors (Lipinski definition) is 2. The number of benzene rings is 1. The van der Waals surface area contributed by atoms with Crippen LogP contribution in [0.15, 0.2) is 52.1 Å². The minimum atomic E-state index is -0.176. The highest BCUT2D eigenvalue weighted by Crippen LogP contribution is 2.20. The number of aromatic amines is 1.